The fourth-order valence-corrected chi connectivity index (χ4v) is 3.70. The second kappa shape index (κ2) is 9.54. The molecule has 0 heterocycles. The lowest BCUT2D eigenvalue weighted by Crippen LogP contribution is -2.69. The molecule has 3 rings (SSSR count). The number of aliphatic hydroxyl groups excluding tert-OH is 2. The molecule has 0 aliphatic heterocycles. The van der Waals surface area contributed by atoms with Crippen LogP contribution in [0, 0.1) is 0 Å². The Hall–Kier alpha value is -3.19. The number of rotatable bonds is 10. The van der Waals surface area contributed by atoms with Crippen LogP contribution in [0.15, 0.2) is 91.0 Å². The van der Waals surface area contributed by atoms with E-state index in [2.05, 4.69) is 5.32 Å². The summed E-state index contributed by atoms with van der Waals surface area (Å²) in [7, 11) is 0. The van der Waals surface area contributed by atoms with E-state index in [-0.39, 0.29) is 0 Å². The lowest BCUT2D eigenvalue weighted by atomic mass is 9.70. The molecule has 0 spiro atoms. The summed E-state index contributed by atoms with van der Waals surface area (Å²) >= 11 is 0. The van der Waals surface area contributed by atoms with Crippen LogP contribution < -0.4 is 10.1 Å². The van der Waals surface area contributed by atoms with E-state index in [1.807, 2.05) is 78.9 Å². The molecule has 6 heteroatoms. The zero-order valence-electron chi connectivity index (χ0n) is 16.4. The number of ether oxygens (including phenoxy) is 1. The molecule has 0 radical (unpaired) electrons. The van der Waals surface area contributed by atoms with E-state index in [1.165, 1.54) is 0 Å². The van der Waals surface area contributed by atoms with E-state index in [1.54, 1.807) is 12.1 Å². The Bertz CT molecular complexity index is 888. The Balaban J connectivity index is 2.33. The highest BCUT2D eigenvalue weighted by atomic mass is 16.5. The molecule has 0 atom stereocenters. The Labute approximate surface area is 175 Å². The van der Waals surface area contributed by atoms with Crippen molar-refractivity contribution in [2.24, 2.45) is 0 Å². The van der Waals surface area contributed by atoms with Gasteiger partial charge in [0.2, 0.25) is 0 Å². The number of nitrogens with one attached hydrogen (secondary N) is 1. The maximum absolute atomic E-state index is 11.4. The smallest absolute Gasteiger partial charge is 0.317 e. The normalized spacial score (nSPS) is 11.8. The molecule has 0 aromatic heterocycles. The first-order valence-corrected chi connectivity index (χ1v) is 9.61. The van der Waals surface area contributed by atoms with Crippen molar-refractivity contribution in [1.29, 1.82) is 0 Å². The molecule has 0 amide bonds. The Morgan fingerprint density at radius 3 is 1.60 bits per heavy atom. The van der Waals surface area contributed by atoms with Gasteiger partial charge in [0.15, 0.2) is 5.60 Å². The van der Waals surface area contributed by atoms with Crippen LogP contribution in [0.1, 0.15) is 11.1 Å². The Morgan fingerprint density at radius 1 is 0.767 bits per heavy atom. The van der Waals surface area contributed by atoms with Gasteiger partial charge in [-0.15, -0.1) is 0 Å². The van der Waals surface area contributed by atoms with Gasteiger partial charge in [-0.05, 0) is 12.1 Å². The monoisotopic (exact) mass is 407 g/mol. The predicted octanol–water partition coefficient (Wildman–Crippen LogP) is 2.41. The maximum Gasteiger partial charge on any atom is 0.317 e. The number of carbonyl (C=O) groups is 1. The van der Waals surface area contributed by atoms with Gasteiger partial charge in [0, 0.05) is 11.1 Å². The van der Waals surface area contributed by atoms with Crippen molar-refractivity contribution in [2.75, 3.05) is 19.8 Å². The molecule has 30 heavy (non-hydrogen) atoms. The van der Waals surface area contributed by atoms with Gasteiger partial charge in [0.05, 0.1) is 19.8 Å². The van der Waals surface area contributed by atoms with E-state index < -0.39 is 36.9 Å². The summed E-state index contributed by atoms with van der Waals surface area (Å²) in [6, 6.07) is 27.4. The van der Waals surface area contributed by atoms with Gasteiger partial charge >= 0.3 is 5.97 Å². The quantitative estimate of drug-likeness (QED) is 0.412. The van der Waals surface area contributed by atoms with Gasteiger partial charge in [-0.3, -0.25) is 10.1 Å². The van der Waals surface area contributed by atoms with Crippen molar-refractivity contribution in [3.8, 4) is 5.75 Å². The fourth-order valence-electron chi connectivity index (χ4n) is 3.70. The number of hydrogen-bond acceptors (Lipinski definition) is 5. The highest BCUT2D eigenvalue weighted by Gasteiger charge is 2.56. The number of carboxylic acid groups (broad SMARTS) is 1. The molecule has 0 aliphatic carbocycles. The number of hydrogen-bond donors (Lipinski definition) is 4. The van der Waals surface area contributed by atoms with E-state index >= 15 is 0 Å². The van der Waals surface area contributed by atoms with Crippen LogP contribution >= 0.6 is 0 Å². The Morgan fingerprint density at radius 2 is 1.20 bits per heavy atom. The summed E-state index contributed by atoms with van der Waals surface area (Å²) < 4.78 is 6.58. The molecule has 0 saturated carbocycles. The topological polar surface area (TPSA) is 99.0 Å². The summed E-state index contributed by atoms with van der Waals surface area (Å²) in [5.74, 6) is -0.607. The molecule has 6 nitrogen and oxygen atoms in total. The molecule has 0 fully saturated rings. The van der Waals surface area contributed by atoms with E-state index in [0.717, 1.165) is 0 Å². The SMILES string of the molecule is O=C(O)CNC(CO)(CO)C(Oc1ccccc1)(c1ccccc1)c1ccccc1. The summed E-state index contributed by atoms with van der Waals surface area (Å²) in [4.78, 5) is 11.4. The van der Waals surface area contributed by atoms with Gasteiger partial charge in [-0.2, -0.15) is 0 Å². The summed E-state index contributed by atoms with van der Waals surface area (Å²) in [5, 5.41) is 33.2. The highest BCUT2D eigenvalue weighted by molar-refractivity contribution is 5.69. The fraction of sp³-hybridized carbons (Fsp3) is 0.208. The largest absolute Gasteiger partial charge is 0.480 e. The standard InChI is InChI=1S/C24H25NO5/c26-17-23(18-27,25-16-22(28)29)24(19-10-4-1-5-11-19,20-12-6-2-7-13-20)30-21-14-8-3-9-15-21/h1-15,25-27H,16-18H2,(H,28,29). The zero-order chi connectivity index (χ0) is 21.5. The number of aliphatic hydroxyl groups is 2. The third-order valence-corrected chi connectivity index (χ3v) is 5.17. The minimum atomic E-state index is -1.55. The van der Waals surface area contributed by atoms with Gasteiger partial charge < -0.3 is 20.1 Å². The Kier molecular flexibility index (Phi) is 6.84. The minimum Gasteiger partial charge on any atom is -0.480 e. The average Bonchev–Trinajstić information content (AvgIpc) is 2.80. The maximum atomic E-state index is 11.4. The van der Waals surface area contributed by atoms with Crippen LogP contribution in [0.4, 0.5) is 0 Å². The van der Waals surface area contributed by atoms with Crippen molar-refractivity contribution in [3.63, 3.8) is 0 Å². The van der Waals surface area contributed by atoms with Crippen LogP contribution in [0.25, 0.3) is 0 Å². The van der Waals surface area contributed by atoms with Crippen molar-refractivity contribution in [2.45, 2.75) is 11.1 Å². The minimum absolute atomic E-state index is 0.472. The van der Waals surface area contributed by atoms with Crippen LogP contribution in [0.3, 0.4) is 0 Å². The van der Waals surface area contributed by atoms with Gasteiger partial charge in [0.25, 0.3) is 0 Å². The lowest BCUT2D eigenvalue weighted by Gasteiger charge is -2.49. The summed E-state index contributed by atoms with van der Waals surface area (Å²) in [6.45, 7) is -1.62. The molecule has 0 unspecified atom stereocenters. The van der Waals surface area contributed by atoms with E-state index in [9.17, 15) is 20.1 Å². The third kappa shape index (κ3) is 4.07. The lowest BCUT2D eigenvalue weighted by molar-refractivity contribution is -0.137. The average molecular weight is 407 g/mol. The first-order valence-electron chi connectivity index (χ1n) is 9.61. The first kappa shape index (κ1) is 21.5. The van der Waals surface area contributed by atoms with Crippen molar-refractivity contribution in [3.05, 3.63) is 102 Å². The highest BCUT2D eigenvalue weighted by Crippen LogP contribution is 2.43. The molecular formula is C24H25NO5. The molecule has 4 N–H and O–H groups in total. The summed E-state index contributed by atoms with van der Waals surface area (Å²) in [6.07, 6.45) is 0. The molecule has 0 aliphatic rings. The van der Waals surface area contributed by atoms with Crippen molar-refractivity contribution in [1.82, 2.24) is 5.32 Å². The second-order valence-electron chi connectivity index (χ2n) is 6.97. The van der Waals surface area contributed by atoms with Crippen LogP contribution in [-0.4, -0.2) is 46.6 Å². The first-order chi connectivity index (χ1) is 14.6. The van der Waals surface area contributed by atoms with Gasteiger partial charge in [-0.25, -0.2) is 0 Å². The number of aliphatic carboxylic acids is 1. The molecular weight excluding hydrogens is 382 g/mol. The van der Waals surface area contributed by atoms with Crippen LogP contribution in [0.5, 0.6) is 5.75 Å². The van der Waals surface area contributed by atoms with Crippen molar-refractivity contribution < 1.29 is 24.9 Å². The van der Waals surface area contributed by atoms with Gasteiger partial charge in [-0.1, -0.05) is 78.9 Å². The summed E-state index contributed by atoms with van der Waals surface area (Å²) in [5.41, 5.74) is -1.68. The molecule has 0 bridgehead atoms. The van der Waals surface area contributed by atoms with E-state index in [0.29, 0.717) is 16.9 Å². The molecule has 3 aromatic rings. The number of benzene rings is 3. The third-order valence-electron chi connectivity index (χ3n) is 5.17. The number of carboxylic acids is 1. The van der Waals surface area contributed by atoms with Crippen molar-refractivity contribution >= 4 is 5.97 Å². The van der Waals surface area contributed by atoms with Gasteiger partial charge in [0.1, 0.15) is 11.3 Å². The van der Waals surface area contributed by atoms with Crippen LogP contribution in [0.2, 0.25) is 0 Å². The second-order valence-corrected chi connectivity index (χ2v) is 6.97. The van der Waals surface area contributed by atoms with Crippen LogP contribution in [-0.2, 0) is 10.4 Å². The molecule has 3 aromatic carbocycles. The zero-order valence-corrected chi connectivity index (χ0v) is 16.4. The molecule has 0 saturated heterocycles. The molecule has 156 valence electrons. The number of para-hydroxylation sites is 1. The van der Waals surface area contributed by atoms with E-state index in [4.69, 9.17) is 4.74 Å². The predicted molar refractivity (Wildman–Crippen MR) is 113 cm³/mol.